The van der Waals surface area contributed by atoms with Crippen molar-refractivity contribution in [2.75, 3.05) is 11.3 Å². The average molecular weight is 488 g/mol. The number of ether oxygens (including phenoxy) is 1. The number of fused-ring (bicyclic) bond motifs is 1. The van der Waals surface area contributed by atoms with Crippen LogP contribution in [-0.2, 0) is 10.0 Å². The van der Waals surface area contributed by atoms with E-state index >= 15 is 0 Å². The lowest BCUT2D eigenvalue weighted by Crippen LogP contribution is -2.33. The van der Waals surface area contributed by atoms with Gasteiger partial charge in [-0.2, -0.15) is 5.26 Å². The Kier molecular flexibility index (Phi) is 6.30. The molecule has 1 aliphatic carbocycles. The fourth-order valence-electron chi connectivity index (χ4n) is 3.96. The van der Waals surface area contributed by atoms with Crippen molar-refractivity contribution in [3.05, 3.63) is 48.0 Å². The second-order valence-corrected chi connectivity index (χ2v) is 11.9. The Bertz CT molecular complexity index is 1350. The molecule has 1 aliphatic rings. The van der Waals surface area contributed by atoms with Gasteiger partial charge in [0.25, 0.3) is 6.43 Å². The van der Waals surface area contributed by atoms with Crippen LogP contribution < -0.4 is 9.46 Å². The zero-order valence-electron chi connectivity index (χ0n) is 19.3. The van der Waals surface area contributed by atoms with E-state index in [0.29, 0.717) is 17.0 Å². The molecule has 1 heterocycles. The molecule has 0 amide bonds. The standard InChI is InChI=1S/C25H27F2N3O3S/c1-25(2,3)34(31,32)29-17-9-7-16(8-10-17)24-21(14-28)20-12-11-19(33-15-23(26)27)13-22(20)30(24)18-5-4-6-18/h7-13,18,23,29H,4-6,15H2,1-3H3. The summed E-state index contributed by atoms with van der Waals surface area (Å²) in [5.74, 6) is 0.328. The summed E-state index contributed by atoms with van der Waals surface area (Å²) in [6.45, 7) is 4.18. The van der Waals surface area contributed by atoms with Gasteiger partial charge in [-0.05, 0) is 69.9 Å². The molecule has 180 valence electrons. The molecule has 1 aromatic heterocycles. The second-order valence-electron chi connectivity index (χ2n) is 9.47. The first-order chi connectivity index (χ1) is 16.0. The fraction of sp³-hybridized carbons (Fsp3) is 0.400. The molecule has 6 nitrogen and oxygen atoms in total. The predicted octanol–water partition coefficient (Wildman–Crippen LogP) is 6.09. The largest absolute Gasteiger partial charge is 0.488 e. The molecule has 3 aromatic rings. The number of aromatic nitrogens is 1. The third kappa shape index (κ3) is 4.47. The zero-order chi connectivity index (χ0) is 24.7. The Labute approximate surface area is 198 Å². The van der Waals surface area contributed by atoms with Crippen LogP contribution in [0.5, 0.6) is 5.75 Å². The maximum atomic E-state index is 12.6. The Morgan fingerprint density at radius 3 is 2.38 bits per heavy atom. The van der Waals surface area contributed by atoms with Crippen LogP contribution >= 0.6 is 0 Å². The van der Waals surface area contributed by atoms with Crippen molar-refractivity contribution in [2.24, 2.45) is 0 Å². The molecule has 0 radical (unpaired) electrons. The van der Waals surface area contributed by atoms with Gasteiger partial charge in [-0.3, -0.25) is 4.72 Å². The lowest BCUT2D eigenvalue weighted by Gasteiger charge is -2.30. The third-order valence-corrected chi connectivity index (χ3v) is 8.24. The molecule has 4 rings (SSSR count). The predicted molar refractivity (Wildman–Crippen MR) is 129 cm³/mol. The van der Waals surface area contributed by atoms with Crippen molar-refractivity contribution >= 4 is 26.6 Å². The summed E-state index contributed by atoms with van der Waals surface area (Å²) in [4.78, 5) is 0. The minimum atomic E-state index is -3.57. The molecule has 0 spiro atoms. The summed E-state index contributed by atoms with van der Waals surface area (Å²) in [6.07, 6.45) is 0.398. The molecule has 34 heavy (non-hydrogen) atoms. The maximum absolute atomic E-state index is 12.6. The number of benzene rings is 2. The number of sulfonamides is 1. The van der Waals surface area contributed by atoms with Gasteiger partial charge in [-0.25, -0.2) is 17.2 Å². The number of nitrogens with one attached hydrogen (secondary N) is 1. The van der Waals surface area contributed by atoms with Crippen LogP contribution in [0.2, 0.25) is 0 Å². The second kappa shape index (κ2) is 8.91. The number of hydrogen-bond acceptors (Lipinski definition) is 4. The van der Waals surface area contributed by atoms with Gasteiger partial charge in [0.05, 0.1) is 21.5 Å². The van der Waals surface area contributed by atoms with Crippen LogP contribution in [0, 0.1) is 11.3 Å². The van der Waals surface area contributed by atoms with E-state index in [1.54, 1.807) is 63.2 Å². The quantitative estimate of drug-likeness (QED) is 0.437. The first-order valence-electron chi connectivity index (χ1n) is 11.1. The lowest BCUT2D eigenvalue weighted by molar-refractivity contribution is 0.0819. The first-order valence-corrected chi connectivity index (χ1v) is 12.6. The van der Waals surface area contributed by atoms with Crippen LogP contribution in [0.25, 0.3) is 22.2 Å². The third-order valence-electron chi connectivity index (χ3n) is 6.12. The molecule has 1 saturated carbocycles. The molecular weight excluding hydrogens is 460 g/mol. The lowest BCUT2D eigenvalue weighted by atomic mass is 9.92. The van der Waals surface area contributed by atoms with E-state index in [2.05, 4.69) is 15.4 Å². The van der Waals surface area contributed by atoms with E-state index in [4.69, 9.17) is 4.74 Å². The molecule has 1 N–H and O–H groups in total. The van der Waals surface area contributed by atoms with Gasteiger partial charge < -0.3 is 9.30 Å². The van der Waals surface area contributed by atoms with Crippen LogP contribution in [0.1, 0.15) is 51.6 Å². The molecule has 0 bridgehead atoms. The number of rotatable bonds is 7. The summed E-state index contributed by atoms with van der Waals surface area (Å²) in [5, 5.41) is 10.7. The maximum Gasteiger partial charge on any atom is 0.272 e. The highest BCUT2D eigenvalue weighted by atomic mass is 32.2. The molecule has 1 fully saturated rings. The monoisotopic (exact) mass is 487 g/mol. The van der Waals surface area contributed by atoms with Gasteiger partial charge in [0.15, 0.2) is 0 Å². The average Bonchev–Trinajstić information content (AvgIpc) is 3.04. The number of halogens is 2. The zero-order valence-corrected chi connectivity index (χ0v) is 20.1. The summed E-state index contributed by atoms with van der Waals surface area (Å²) in [7, 11) is -3.57. The molecule has 9 heteroatoms. The number of anilines is 1. The SMILES string of the molecule is CC(C)(C)S(=O)(=O)Nc1ccc(-c2c(C#N)c3ccc(OCC(F)F)cc3n2C2CCC2)cc1. The minimum Gasteiger partial charge on any atom is -0.488 e. The van der Waals surface area contributed by atoms with Gasteiger partial charge in [0.2, 0.25) is 10.0 Å². The number of nitriles is 1. The van der Waals surface area contributed by atoms with E-state index in [-0.39, 0.29) is 6.04 Å². The summed E-state index contributed by atoms with van der Waals surface area (Å²) < 4.78 is 59.2. The van der Waals surface area contributed by atoms with Gasteiger partial charge in [-0.15, -0.1) is 0 Å². The van der Waals surface area contributed by atoms with Crippen molar-refractivity contribution in [3.8, 4) is 23.1 Å². The summed E-state index contributed by atoms with van der Waals surface area (Å²) >= 11 is 0. The van der Waals surface area contributed by atoms with Gasteiger partial charge >= 0.3 is 0 Å². The van der Waals surface area contributed by atoms with Crippen molar-refractivity contribution in [1.82, 2.24) is 4.57 Å². The van der Waals surface area contributed by atoms with Crippen LogP contribution in [-0.4, -0.2) is 30.8 Å². The van der Waals surface area contributed by atoms with Crippen molar-refractivity contribution in [3.63, 3.8) is 0 Å². The highest BCUT2D eigenvalue weighted by molar-refractivity contribution is 7.94. The van der Waals surface area contributed by atoms with Crippen molar-refractivity contribution in [1.29, 1.82) is 5.26 Å². The molecule has 0 aliphatic heterocycles. The highest BCUT2D eigenvalue weighted by Gasteiger charge is 2.30. The summed E-state index contributed by atoms with van der Waals surface area (Å²) in [6, 6.07) is 14.5. The number of nitrogens with zero attached hydrogens (tertiary/aromatic N) is 2. The number of hydrogen-bond donors (Lipinski definition) is 1. The Morgan fingerprint density at radius 2 is 1.85 bits per heavy atom. The van der Waals surface area contributed by atoms with E-state index in [1.807, 2.05) is 0 Å². The highest BCUT2D eigenvalue weighted by Crippen LogP contribution is 2.43. The van der Waals surface area contributed by atoms with E-state index < -0.39 is 27.8 Å². The Balaban J connectivity index is 1.79. The van der Waals surface area contributed by atoms with E-state index in [9.17, 15) is 22.5 Å². The topological polar surface area (TPSA) is 84.1 Å². The van der Waals surface area contributed by atoms with Gasteiger partial charge in [0.1, 0.15) is 18.4 Å². The van der Waals surface area contributed by atoms with Gasteiger partial charge in [-0.1, -0.05) is 12.1 Å². The van der Waals surface area contributed by atoms with Crippen molar-refractivity contribution in [2.45, 2.75) is 57.2 Å². The minimum absolute atomic E-state index is 0.184. The van der Waals surface area contributed by atoms with Crippen LogP contribution in [0.4, 0.5) is 14.5 Å². The fourth-order valence-corrected chi connectivity index (χ4v) is 4.72. The van der Waals surface area contributed by atoms with E-state index in [0.717, 1.165) is 41.4 Å². The molecule has 0 unspecified atom stereocenters. The number of alkyl halides is 2. The van der Waals surface area contributed by atoms with Crippen LogP contribution in [0.3, 0.4) is 0 Å². The van der Waals surface area contributed by atoms with Gasteiger partial charge in [0, 0.05) is 23.2 Å². The van der Waals surface area contributed by atoms with Crippen LogP contribution in [0.15, 0.2) is 42.5 Å². The molecular formula is C25H27F2N3O3S. The Morgan fingerprint density at radius 1 is 1.18 bits per heavy atom. The normalized spacial score (nSPS) is 14.7. The van der Waals surface area contributed by atoms with Crippen molar-refractivity contribution < 1.29 is 21.9 Å². The molecule has 0 atom stereocenters. The smallest absolute Gasteiger partial charge is 0.272 e. The first kappa shape index (κ1) is 24.0. The molecule has 2 aromatic carbocycles. The summed E-state index contributed by atoms with van der Waals surface area (Å²) in [5.41, 5.74) is 3.20. The molecule has 0 saturated heterocycles. The van der Waals surface area contributed by atoms with E-state index in [1.165, 1.54) is 0 Å². The Hall–Kier alpha value is -3.12.